The van der Waals surface area contributed by atoms with Gasteiger partial charge in [0.2, 0.25) is 5.91 Å². The number of amides is 1. The van der Waals surface area contributed by atoms with Gasteiger partial charge in [-0.25, -0.2) is 0 Å². The van der Waals surface area contributed by atoms with Gasteiger partial charge in [-0.2, -0.15) is 0 Å². The lowest BCUT2D eigenvalue weighted by Gasteiger charge is -2.31. The van der Waals surface area contributed by atoms with E-state index in [1.165, 1.54) is 24.8 Å². The molecule has 4 nitrogen and oxygen atoms in total. The number of hydrogen-bond acceptors (Lipinski definition) is 3. The van der Waals surface area contributed by atoms with Gasteiger partial charge in [0.1, 0.15) is 0 Å². The van der Waals surface area contributed by atoms with Crippen molar-refractivity contribution in [1.29, 1.82) is 0 Å². The molecule has 0 unspecified atom stereocenters. The van der Waals surface area contributed by atoms with Gasteiger partial charge in [-0.05, 0) is 75.0 Å². The van der Waals surface area contributed by atoms with Gasteiger partial charge in [0.25, 0.3) is 0 Å². The summed E-state index contributed by atoms with van der Waals surface area (Å²) >= 11 is 0. The fraction of sp³-hybridized carbons (Fsp3) is 0.650. The Morgan fingerprint density at radius 3 is 2.33 bits per heavy atom. The van der Waals surface area contributed by atoms with Gasteiger partial charge in [-0.1, -0.05) is 32.9 Å². The first-order valence-electron chi connectivity index (χ1n) is 9.16. The number of anilines is 1. The normalized spacial score (nSPS) is 17.0. The number of carbonyl (C=O) groups excluding carboxylic acids is 1. The van der Waals surface area contributed by atoms with Crippen LogP contribution in [0.3, 0.4) is 0 Å². The standard InChI is InChI=1S/C20H33N3O/c1-20(2,3)17-5-7-18(8-6-17)22-19(24)15-23-13-10-16(11-14-23)9-12-21-4/h5-8,16,21H,9-15H2,1-4H3,(H,22,24). The minimum absolute atomic E-state index is 0.0900. The molecular weight excluding hydrogens is 298 g/mol. The van der Waals surface area contributed by atoms with E-state index in [4.69, 9.17) is 0 Å². The van der Waals surface area contributed by atoms with Crippen LogP contribution in [0.2, 0.25) is 0 Å². The van der Waals surface area contributed by atoms with Crippen molar-refractivity contribution in [2.45, 2.75) is 45.4 Å². The third-order valence-electron chi connectivity index (χ3n) is 4.91. The molecule has 0 saturated carbocycles. The maximum absolute atomic E-state index is 12.3. The number of piperidine rings is 1. The van der Waals surface area contributed by atoms with Gasteiger partial charge in [0.15, 0.2) is 0 Å². The van der Waals surface area contributed by atoms with Gasteiger partial charge in [-0.3, -0.25) is 9.69 Å². The van der Waals surface area contributed by atoms with E-state index in [-0.39, 0.29) is 11.3 Å². The van der Waals surface area contributed by atoms with E-state index in [1.807, 2.05) is 19.2 Å². The third-order valence-corrected chi connectivity index (χ3v) is 4.91. The molecule has 4 heteroatoms. The highest BCUT2D eigenvalue weighted by molar-refractivity contribution is 5.92. The second kappa shape index (κ2) is 8.63. The van der Waals surface area contributed by atoms with Crippen LogP contribution in [0.5, 0.6) is 0 Å². The van der Waals surface area contributed by atoms with Crippen LogP contribution in [0.15, 0.2) is 24.3 Å². The predicted molar refractivity (Wildman–Crippen MR) is 101 cm³/mol. The van der Waals surface area contributed by atoms with Crippen LogP contribution in [-0.2, 0) is 10.2 Å². The van der Waals surface area contributed by atoms with Crippen molar-refractivity contribution in [3.8, 4) is 0 Å². The molecule has 1 heterocycles. The molecule has 0 bridgehead atoms. The van der Waals surface area contributed by atoms with Gasteiger partial charge >= 0.3 is 0 Å². The number of benzene rings is 1. The molecule has 1 aliphatic heterocycles. The van der Waals surface area contributed by atoms with Crippen molar-refractivity contribution in [3.63, 3.8) is 0 Å². The molecule has 1 aromatic rings. The van der Waals surface area contributed by atoms with Gasteiger partial charge in [-0.15, -0.1) is 0 Å². The molecule has 2 N–H and O–H groups in total. The molecule has 1 fully saturated rings. The summed E-state index contributed by atoms with van der Waals surface area (Å²) < 4.78 is 0. The molecule has 1 saturated heterocycles. The minimum atomic E-state index is 0.0900. The molecule has 2 rings (SSSR count). The molecule has 0 radical (unpaired) electrons. The zero-order valence-electron chi connectivity index (χ0n) is 15.7. The summed E-state index contributed by atoms with van der Waals surface area (Å²) in [6.45, 7) is 10.2. The fourth-order valence-corrected chi connectivity index (χ4v) is 3.24. The number of likely N-dealkylation sites (tertiary alicyclic amines) is 1. The van der Waals surface area contributed by atoms with Crippen molar-refractivity contribution >= 4 is 11.6 Å². The smallest absolute Gasteiger partial charge is 0.238 e. The molecule has 0 aromatic heterocycles. The third kappa shape index (κ3) is 5.91. The van der Waals surface area contributed by atoms with Crippen LogP contribution >= 0.6 is 0 Å². The Hall–Kier alpha value is -1.39. The highest BCUT2D eigenvalue weighted by atomic mass is 16.2. The highest BCUT2D eigenvalue weighted by Gasteiger charge is 2.20. The largest absolute Gasteiger partial charge is 0.325 e. The average Bonchev–Trinajstić information content (AvgIpc) is 2.54. The second-order valence-corrected chi connectivity index (χ2v) is 7.99. The lowest BCUT2D eigenvalue weighted by Crippen LogP contribution is -2.39. The minimum Gasteiger partial charge on any atom is -0.325 e. The number of nitrogens with one attached hydrogen (secondary N) is 2. The topological polar surface area (TPSA) is 44.4 Å². The Bertz CT molecular complexity index is 511. The van der Waals surface area contributed by atoms with Gasteiger partial charge in [0, 0.05) is 5.69 Å². The lowest BCUT2D eigenvalue weighted by atomic mass is 9.87. The van der Waals surface area contributed by atoms with E-state index in [1.54, 1.807) is 0 Å². The molecule has 1 aromatic carbocycles. The zero-order valence-corrected chi connectivity index (χ0v) is 15.7. The van der Waals surface area contributed by atoms with Crippen LogP contribution in [0, 0.1) is 5.92 Å². The van der Waals surface area contributed by atoms with Crippen molar-refractivity contribution in [3.05, 3.63) is 29.8 Å². The van der Waals surface area contributed by atoms with Crippen LogP contribution in [0.4, 0.5) is 5.69 Å². The van der Waals surface area contributed by atoms with E-state index >= 15 is 0 Å². The predicted octanol–water partition coefficient (Wildman–Crippen LogP) is 3.24. The summed E-state index contributed by atoms with van der Waals surface area (Å²) in [6.07, 6.45) is 3.65. The lowest BCUT2D eigenvalue weighted by molar-refractivity contribution is -0.117. The summed E-state index contributed by atoms with van der Waals surface area (Å²) in [5.74, 6) is 0.897. The molecule has 134 valence electrons. The molecule has 0 atom stereocenters. The first kappa shape index (κ1) is 18.9. The molecule has 1 aliphatic rings. The monoisotopic (exact) mass is 331 g/mol. The van der Waals surface area contributed by atoms with E-state index in [2.05, 4.69) is 48.4 Å². The summed E-state index contributed by atoms with van der Waals surface area (Å²) in [6, 6.07) is 8.21. The number of rotatable bonds is 6. The van der Waals surface area contributed by atoms with E-state index in [0.717, 1.165) is 31.2 Å². The molecule has 1 amide bonds. The Labute approximate surface area is 147 Å². The van der Waals surface area contributed by atoms with Crippen molar-refractivity contribution in [2.75, 3.05) is 38.5 Å². The Morgan fingerprint density at radius 1 is 1.17 bits per heavy atom. The van der Waals surface area contributed by atoms with Crippen molar-refractivity contribution in [1.82, 2.24) is 10.2 Å². The van der Waals surface area contributed by atoms with E-state index in [9.17, 15) is 4.79 Å². The zero-order chi connectivity index (χ0) is 17.6. The highest BCUT2D eigenvalue weighted by Crippen LogP contribution is 2.23. The molecule has 24 heavy (non-hydrogen) atoms. The second-order valence-electron chi connectivity index (χ2n) is 7.99. The fourth-order valence-electron chi connectivity index (χ4n) is 3.24. The Morgan fingerprint density at radius 2 is 1.79 bits per heavy atom. The molecule has 0 spiro atoms. The Balaban J connectivity index is 1.76. The summed E-state index contributed by atoms with van der Waals surface area (Å²) in [7, 11) is 2.01. The van der Waals surface area contributed by atoms with Crippen molar-refractivity contribution in [2.24, 2.45) is 5.92 Å². The van der Waals surface area contributed by atoms with Crippen LogP contribution in [-0.4, -0.2) is 44.0 Å². The maximum atomic E-state index is 12.3. The molecular formula is C20H33N3O. The van der Waals surface area contributed by atoms with E-state index < -0.39 is 0 Å². The van der Waals surface area contributed by atoms with Crippen molar-refractivity contribution < 1.29 is 4.79 Å². The first-order valence-corrected chi connectivity index (χ1v) is 9.16. The van der Waals surface area contributed by atoms with E-state index in [0.29, 0.717) is 6.54 Å². The quantitative estimate of drug-likeness (QED) is 0.841. The van der Waals surface area contributed by atoms with Crippen LogP contribution in [0.25, 0.3) is 0 Å². The number of carbonyl (C=O) groups is 1. The van der Waals surface area contributed by atoms with Gasteiger partial charge < -0.3 is 10.6 Å². The summed E-state index contributed by atoms with van der Waals surface area (Å²) in [5, 5.41) is 6.24. The Kier molecular flexibility index (Phi) is 6.81. The average molecular weight is 332 g/mol. The number of nitrogens with zero attached hydrogens (tertiary/aromatic N) is 1. The first-order chi connectivity index (χ1) is 11.4. The maximum Gasteiger partial charge on any atom is 0.238 e. The SMILES string of the molecule is CNCCC1CCN(CC(=O)Nc2ccc(C(C)(C)C)cc2)CC1. The number of hydrogen-bond donors (Lipinski definition) is 2. The summed E-state index contributed by atoms with van der Waals surface area (Å²) in [5.41, 5.74) is 2.31. The summed E-state index contributed by atoms with van der Waals surface area (Å²) in [4.78, 5) is 14.5. The van der Waals surface area contributed by atoms with Crippen LogP contribution < -0.4 is 10.6 Å². The van der Waals surface area contributed by atoms with Crippen LogP contribution in [0.1, 0.15) is 45.6 Å². The molecule has 0 aliphatic carbocycles. The van der Waals surface area contributed by atoms with Gasteiger partial charge in [0.05, 0.1) is 6.54 Å².